The highest BCUT2D eigenvalue weighted by Gasteiger charge is 2.60. The monoisotopic (exact) mass is 428 g/mol. The minimum atomic E-state index is -0.398. The molecule has 1 N–H and O–H groups in total. The third-order valence-corrected chi connectivity index (χ3v) is 11.2. The van der Waals surface area contributed by atoms with Gasteiger partial charge >= 0.3 is 0 Å². The summed E-state index contributed by atoms with van der Waals surface area (Å²) in [4.78, 5) is 12.1. The van der Waals surface area contributed by atoms with E-state index in [1.165, 1.54) is 44.9 Å². The van der Waals surface area contributed by atoms with E-state index in [2.05, 4.69) is 41.5 Å². The van der Waals surface area contributed by atoms with E-state index in [1.54, 1.807) is 0 Å². The molecule has 0 aliphatic heterocycles. The van der Waals surface area contributed by atoms with Gasteiger partial charge in [0.1, 0.15) is 0 Å². The molecule has 176 valence electrons. The lowest BCUT2D eigenvalue weighted by Gasteiger charge is -2.59. The maximum Gasteiger partial charge on any atom is 0.155 e. The quantitative estimate of drug-likeness (QED) is 0.485. The summed E-state index contributed by atoms with van der Waals surface area (Å²) < 4.78 is 0. The molecule has 0 amide bonds. The van der Waals surface area contributed by atoms with Crippen LogP contribution in [-0.4, -0.2) is 17.0 Å². The molecule has 4 aliphatic rings. The maximum absolute atomic E-state index is 12.1. The Morgan fingerprint density at radius 3 is 2.48 bits per heavy atom. The van der Waals surface area contributed by atoms with Gasteiger partial charge in [-0.05, 0) is 109 Å². The molecule has 4 rings (SSSR count). The predicted octanol–water partition coefficient (Wildman–Crippen LogP) is 7.20. The molecule has 0 radical (unpaired) electrons. The van der Waals surface area contributed by atoms with Gasteiger partial charge in [-0.2, -0.15) is 0 Å². The van der Waals surface area contributed by atoms with E-state index >= 15 is 0 Å². The largest absolute Gasteiger partial charge is 0.389 e. The lowest BCUT2D eigenvalue weighted by Crippen LogP contribution is -2.54. The van der Waals surface area contributed by atoms with Crippen LogP contribution in [0.4, 0.5) is 0 Å². The summed E-state index contributed by atoms with van der Waals surface area (Å²) in [6.07, 6.45) is 13.4. The molecule has 3 fully saturated rings. The number of rotatable bonds is 6. The number of fused-ring (bicyclic) bond motifs is 5. The predicted molar refractivity (Wildman–Crippen MR) is 129 cm³/mol. The molecule has 3 saturated carbocycles. The highest BCUT2D eigenvalue weighted by atomic mass is 16.3. The van der Waals surface area contributed by atoms with Gasteiger partial charge in [-0.1, -0.05) is 54.4 Å². The maximum atomic E-state index is 12.1. The number of ketones is 1. The van der Waals surface area contributed by atoms with Crippen molar-refractivity contribution in [1.82, 2.24) is 0 Å². The van der Waals surface area contributed by atoms with Crippen LogP contribution in [-0.2, 0) is 4.79 Å². The molecule has 0 heterocycles. The van der Waals surface area contributed by atoms with Crippen LogP contribution in [0.2, 0.25) is 0 Å². The third kappa shape index (κ3) is 3.87. The van der Waals surface area contributed by atoms with Crippen molar-refractivity contribution in [3.05, 3.63) is 11.6 Å². The second-order valence-electron chi connectivity index (χ2n) is 12.8. The molecule has 9 atom stereocenters. The zero-order chi connectivity index (χ0) is 22.6. The van der Waals surface area contributed by atoms with Crippen molar-refractivity contribution in [2.75, 3.05) is 0 Å². The van der Waals surface area contributed by atoms with Gasteiger partial charge in [0.25, 0.3) is 0 Å². The van der Waals surface area contributed by atoms with Crippen molar-refractivity contribution in [3.63, 3.8) is 0 Å². The first-order valence-electron chi connectivity index (χ1n) is 13.5. The van der Waals surface area contributed by atoms with Crippen molar-refractivity contribution in [1.29, 1.82) is 0 Å². The normalized spacial score (nSPS) is 44.3. The Morgan fingerprint density at radius 1 is 1.06 bits per heavy atom. The summed E-state index contributed by atoms with van der Waals surface area (Å²) in [7, 11) is 0. The van der Waals surface area contributed by atoms with Crippen LogP contribution in [0.15, 0.2) is 11.6 Å². The first-order valence-corrected chi connectivity index (χ1v) is 13.5. The number of aliphatic hydroxyl groups is 1. The van der Waals surface area contributed by atoms with Crippen molar-refractivity contribution in [2.45, 2.75) is 112 Å². The molecule has 0 saturated heterocycles. The fourth-order valence-electron chi connectivity index (χ4n) is 9.27. The SMILES string of the molecule is CCC(CC[C@@H](C)[C@H]1CC[C@H]2[C@@H]3C[C@@H](O)C4=CC(=O)CC[C@]4(C)[C@H]3CC[C@]12C)C(C)C. The van der Waals surface area contributed by atoms with E-state index in [0.717, 1.165) is 48.0 Å². The lowest BCUT2D eigenvalue weighted by atomic mass is 9.46. The van der Waals surface area contributed by atoms with Crippen molar-refractivity contribution in [2.24, 2.45) is 52.3 Å². The number of carbonyl (C=O) groups is 1. The second-order valence-corrected chi connectivity index (χ2v) is 12.8. The molecule has 0 aromatic carbocycles. The molecule has 0 bridgehead atoms. The summed E-state index contributed by atoms with van der Waals surface area (Å²) >= 11 is 0. The molecular weight excluding hydrogens is 380 g/mol. The first kappa shape index (κ1) is 23.5. The fourth-order valence-corrected chi connectivity index (χ4v) is 9.27. The summed E-state index contributed by atoms with van der Waals surface area (Å²) in [6, 6.07) is 0. The zero-order valence-corrected chi connectivity index (χ0v) is 21.1. The summed E-state index contributed by atoms with van der Waals surface area (Å²) in [5.41, 5.74) is 1.57. The highest BCUT2D eigenvalue weighted by Crippen LogP contribution is 2.67. The zero-order valence-electron chi connectivity index (χ0n) is 21.1. The average Bonchev–Trinajstić information content (AvgIpc) is 3.07. The lowest BCUT2D eigenvalue weighted by molar-refractivity contribution is -0.119. The number of aliphatic hydroxyl groups excluding tert-OH is 1. The standard InChI is InChI=1S/C29H48O2/c1-7-20(18(2)3)9-8-19(4)23-10-11-24-22-17-27(31)26-16-21(30)12-14-29(26,6)25(22)13-15-28(23,24)5/h16,18-20,22-25,27,31H,7-15,17H2,1-6H3/t19-,20?,22+,23-,24+,25+,27-,28-,29-/m1/s1. The molecular formula is C29H48O2. The van der Waals surface area contributed by atoms with Crippen LogP contribution in [0.5, 0.6) is 0 Å². The molecule has 0 spiro atoms. The topological polar surface area (TPSA) is 37.3 Å². The van der Waals surface area contributed by atoms with Gasteiger partial charge in [0.15, 0.2) is 5.78 Å². The second kappa shape index (κ2) is 8.62. The Morgan fingerprint density at radius 2 is 1.81 bits per heavy atom. The number of carbonyl (C=O) groups excluding carboxylic acids is 1. The van der Waals surface area contributed by atoms with Gasteiger partial charge in [-0.25, -0.2) is 0 Å². The van der Waals surface area contributed by atoms with Gasteiger partial charge in [0, 0.05) is 6.42 Å². The molecule has 2 nitrogen and oxygen atoms in total. The van der Waals surface area contributed by atoms with Crippen LogP contribution in [0, 0.1) is 52.3 Å². The summed E-state index contributed by atoms with van der Waals surface area (Å²) in [5, 5.41) is 11.1. The Hall–Kier alpha value is -0.630. The summed E-state index contributed by atoms with van der Waals surface area (Å²) in [6.45, 7) is 14.7. The number of hydrogen-bond donors (Lipinski definition) is 1. The molecule has 31 heavy (non-hydrogen) atoms. The fraction of sp³-hybridized carbons (Fsp3) is 0.897. The van der Waals surface area contributed by atoms with E-state index in [-0.39, 0.29) is 11.2 Å². The Kier molecular flexibility index (Phi) is 6.54. The Labute approximate surface area is 191 Å². The molecule has 0 aromatic heterocycles. The van der Waals surface area contributed by atoms with E-state index in [4.69, 9.17) is 0 Å². The van der Waals surface area contributed by atoms with E-state index < -0.39 is 6.10 Å². The molecule has 4 aliphatic carbocycles. The average molecular weight is 429 g/mol. The smallest absolute Gasteiger partial charge is 0.155 e. The van der Waals surface area contributed by atoms with Crippen LogP contribution < -0.4 is 0 Å². The van der Waals surface area contributed by atoms with Crippen LogP contribution in [0.3, 0.4) is 0 Å². The van der Waals surface area contributed by atoms with Crippen LogP contribution >= 0.6 is 0 Å². The highest BCUT2D eigenvalue weighted by molar-refractivity contribution is 5.91. The van der Waals surface area contributed by atoms with Gasteiger partial charge in [-0.3, -0.25) is 4.79 Å². The minimum Gasteiger partial charge on any atom is -0.389 e. The molecule has 0 aromatic rings. The Bertz CT molecular complexity index is 708. The van der Waals surface area contributed by atoms with Crippen molar-refractivity contribution in [3.8, 4) is 0 Å². The van der Waals surface area contributed by atoms with E-state index in [1.807, 2.05) is 6.08 Å². The van der Waals surface area contributed by atoms with E-state index in [9.17, 15) is 9.90 Å². The van der Waals surface area contributed by atoms with Gasteiger partial charge < -0.3 is 5.11 Å². The third-order valence-electron chi connectivity index (χ3n) is 11.2. The number of hydrogen-bond acceptors (Lipinski definition) is 2. The van der Waals surface area contributed by atoms with Gasteiger partial charge in [0.05, 0.1) is 6.10 Å². The van der Waals surface area contributed by atoms with Crippen LogP contribution in [0.25, 0.3) is 0 Å². The Balaban J connectivity index is 1.51. The minimum absolute atomic E-state index is 0.0485. The summed E-state index contributed by atoms with van der Waals surface area (Å²) in [5.74, 6) is 5.62. The van der Waals surface area contributed by atoms with Gasteiger partial charge in [0.2, 0.25) is 0 Å². The molecule has 1 unspecified atom stereocenters. The van der Waals surface area contributed by atoms with Crippen molar-refractivity contribution >= 4 is 5.78 Å². The van der Waals surface area contributed by atoms with Gasteiger partial charge in [-0.15, -0.1) is 0 Å². The van der Waals surface area contributed by atoms with Crippen molar-refractivity contribution < 1.29 is 9.90 Å². The first-order chi connectivity index (χ1) is 14.6. The van der Waals surface area contributed by atoms with Crippen LogP contribution in [0.1, 0.15) is 106 Å². The van der Waals surface area contributed by atoms with E-state index in [0.29, 0.717) is 23.7 Å². The molecule has 2 heteroatoms.